The zero-order valence-electron chi connectivity index (χ0n) is 18.8. The van der Waals surface area contributed by atoms with Crippen molar-refractivity contribution in [2.75, 3.05) is 18.5 Å². The largest absolute Gasteiger partial charge is 0.493 e. The number of nitrogens with zero attached hydrogens (tertiary/aromatic N) is 1. The van der Waals surface area contributed by atoms with E-state index in [9.17, 15) is 4.79 Å². The maximum atomic E-state index is 12.1. The normalized spacial score (nSPS) is 13.4. The molecule has 172 valence electrons. The Morgan fingerprint density at radius 1 is 1.06 bits per heavy atom. The van der Waals surface area contributed by atoms with Crippen LogP contribution in [0.25, 0.3) is 0 Å². The van der Waals surface area contributed by atoms with Gasteiger partial charge in [-0.05, 0) is 61.6 Å². The van der Waals surface area contributed by atoms with Crippen molar-refractivity contribution in [2.45, 2.75) is 32.9 Å². The Hall–Kier alpha value is -3.74. The Bertz CT molecular complexity index is 1060. The standard InChI is InChI=1S/C26H30N4O3/c1-2-27-26(29-17-21-6-3-4-7-23(21)33-18-20-9-10-20)28-16-19-11-13-22(14-12-19)30-25(31)24-8-5-15-32-24/h3-8,11-15,20H,2,9-10,16-18H2,1H3,(H,30,31)(H2,27,28,29). The van der Waals surface area contributed by atoms with Crippen LogP contribution in [0.2, 0.25) is 0 Å². The van der Waals surface area contributed by atoms with E-state index in [-0.39, 0.29) is 11.7 Å². The fourth-order valence-corrected chi connectivity index (χ4v) is 3.27. The van der Waals surface area contributed by atoms with Gasteiger partial charge in [0.25, 0.3) is 5.91 Å². The van der Waals surface area contributed by atoms with Crippen molar-refractivity contribution >= 4 is 17.6 Å². The highest BCUT2D eigenvalue weighted by molar-refractivity contribution is 6.02. The van der Waals surface area contributed by atoms with Crippen molar-refractivity contribution in [3.8, 4) is 5.75 Å². The molecule has 0 saturated heterocycles. The molecule has 7 heteroatoms. The number of anilines is 1. The van der Waals surface area contributed by atoms with Crippen LogP contribution in [0.3, 0.4) is 0 Å². The number of ether oxygens (including phenoxy) is 1. The smallest absolute Gasteiger partial charge is 0.291 e. The molecule has 0 radical (unpaired) electrons. The molecular weight excluding hydrogens is 416 g/mol. The summed E-state index contributed by atoms with van der Waals surface area (Å²) in [5, 5.41) is 9.50. The predicted octanol–water partition coefficient (Wildman–Crippen LogP) is 4.58. The summed E-state index contributed by atoms with van der Waals surface area (Å²) in [6, 6.07) is 19.1. The number of carbonyl (C=O) groups is 1. The van der Waals surface area contributed by atoms with Gasteiger partial charge >= 0.3 is 0 Å². The van der Waals surface area contributed by atoms with E-state index in [1.54, 1.807) is 12.1 Å². The molecule has 7 nitrogen and oxygen atoms in total. The highest BCUT2D eigenvalue weighted by atomic mass is 16.5. The Balaban J connectivity index is 1.32. The lowest BCUT2D eigenvalue weighted by Gasteiger charge is -2.14. The summed E-state index contributed by atoms with van der Waals surface area (Å²) in [6.45, 7) is 4.75. The number of benzene rings is 2. The molecule has 0 unspecified atom stereocenters. The zero-order chi connectivity index (χ0) is 22.9. The van der Waals surface area contributed by atoms with Crippen LogP contribution in [-0.4, -0.2) is 25.0 Å². The maximum Gasteiger partial charge on any atom is 0.291 e. The first kappa shape index (κ1) is 22.5. The topological polar surface area (TPSA) is 87.9 Å². The van der Waals surface area contributed by atoms with E-state index >= 15 is 0 Å². The summed E-state index contributed by atoms with van der Waals surface area (Å²) in [7, 11) is 0. The summed E-state index contributed by atoms with van der Waals surface area (Å²) >= 11 is 0. The molecular formula is C26H30N4O3. The first-order chi connectivity index (χ1) is 16.2. The third kappa shape index (κ3) is 6.87. The molecule has 3 N–H and O–H groups in total. The van der Waals surface area contributed by atoms with Crippen LogP contribution in [0.4, 0.5) is 5.69 Å². The van der Waals surface area contributed by atoms with Crippen LogP contribution in [0.5, 0.6) is 5.75 Å². The SMILES string of the molecule is CCNC(=NCc1ccc(NC(=O)c2ccco2)cc1)NCc1ccccc1OCC1CC1. The van der Waals surface area contributed by atoms with Gasteiger partial charge in [0.05, 0.1) is 19.4 Å². The van der Waals surface area contributed by atoms with Crippen LogP contribution in [-0.2, 0) is 13.1 Å². The second kappa shape index (κ2) is 11.2. The van der Waals surface area contributed by atoms with Gasteiger partial charge in [-0.2, -0.15) is 0 Å². The van der Waals surface area contributed by atoms with Gasteiger partial charge in [0.15, 0.2) is 11.7 Å². The van der Waals surface area contributed by atoms with Gasteiger partial charge in [0.2, 0.25) is 0 Å². The lowest BCUT2D eigenvalue weighted by atomic mass is 10.2. The number of nitrogens with one attached hydrogen (secondary N) is 3. The van der Waals surface area contributed by atoms with E-state index < -0.39 is 0 Å². The number of aliphatic imine (C=N–C) groups is 1. The number of hydrogen-bond acceptors (Lipinski definition) is 4. The van der Waals surface area contributed by atoms with Crippen LogP contribution < -0.4 is 20.7 Å². The fraction of sp³-hybridized carbons (Fsp3) is 0.308. The van der Waals surface area contributed by atoms with E-state index in [2.05, 4.69) is 22.0 Å². The molecule has 1 amide bonds. The lowest BCUT2D eigenvalue weighted by molar-refractivity contribution is 0.0996. The second-order valence-corrected chi connectivity index (χ2v) is 8.04. The summed E-state index contributed by atoms with van der Waals surface area (Å²) in [5.74, 6) is 2.40. The minimum Gasteiger partial charge on any atom is -0.493 e. The Labute approximate surface area is 194 Å². The minimum absolute atomic E-state index is 0.272. The summed E-state index contributed by atoms with van der Waals surface area (Å²) < 4.78 is 11.1. The third-order valence-corrected chi connectivity index (χ3v) is 5.31. The van der Waals surface area contributed by atoms with Crippen molar-refractivity contribution in [3.05, 3.63) is 83.8 Å². The molecule has 1 fully saturated rings. The molecule has 4 rings (SSSR count). The van der Waals surface area contributed by atoms with Gasteiger partial charge < -0.3 is 25.1 Å². The Kier molecular flexibility index (Phi) is 7.64. The Morgan fingerprint density at radius 3 is 2.61 bits per heavy atom. The van der Waals surface area contributed by atoms with Crippen molar-refractivity contribution in [1.29, 1.82) is 0 Å². The number of amides is 1. The molecule has 1 aliphatic carbocycles. The van der Waals surface area contributed by atoms with Gasteiger partial charge in [-0.3, -0.25) is 4.79 Å². The van der Waals surface area contributed by atoms with Crippen LogP contribution in [0.1, 0.15) is 41.4 Å². The minimum atomic E-state index is -0.272. The van der Waals surface area contributed by atoms with Gasteiger partial charge in [-0.15, -0.1) is 0 Å². The van der Waals surface area contributed by atoms with E-state index in [0.29, 0.717) is 18.8 Å². The van der Waals surface area contributed by atoms with Gasteiger partial charge in [-0.1, -0.05) is 30.3 Å². The quantitative estimate of drug-likeness (QED) is 0.314. The van der Waals surface area contributed by atoms with Crippen molar-refractivity contribution in [2.24, 2.45) is 10.9 Å². The second-order valence-electron chi connectivity index (χ2n) is 8.04. The highest BCUT2D eigenvalue weighted by Gasteiger charge is 2.22. The zero-order valence-corrected chi connectivity index (χ0v) is 18.8. The number of hydrogen-bond donors (Lipinski definition) is 3. The molecule has 0 atom stereocenters. The fourth-order valence-electron chi connectivity index (χ4n) is 3.27. The lowest BCUT2D eigenvalue weighted by Crippen LogP contribution is -2.36. The first-order valence-corrected chi connectivity index (χ1v) is 11.4. The summed E-state index contributed by atoms with van der Waals surface area (Å²) in [4.78, 5) is 16.8. The van der Waals surface area contributed by atoms with Crippen molar-refractivity contribution in [1.82, 2.24) is 10.6 Å². The molecule has 1 aromatic heterocycles. The molecule has 1 heterocycles. The third-order valence-electron chi connectivity index (χ3n) is 5.31. The highest BCUT2D eigenvalue weighted by Crippen LogP contribution is 2.30. The van der Waals surface area contributed by atoms with Gasteiger partial charge in [-0.25, -0.2) is 4.99 Å². The molecule has 3 aromatic rings. The number of guanidine groups is 1. The molecule has 1 saturated carbocycles. The Morgan fingerprint density at radius 2 is 1.88 bits per heavy atom. The average Bonchev–Trinajstić information content (AvgIpc) is 3.50. The molecule has 0 spiro atoms. The molecule has 1 aliphatic rings. The van der Waals surface area contributed by atoms with E-state index in [1.807, 2.05) is 49.4 Å². The number of furan rings is 1. The summed E-state index contributed by atoms with van der Waals surface area (Å²) in [5.41, 5.74) is 2.86. The van der Waals surface area contributed by atoms with Gasteiger partial charge in [0.1, 0.15) is 5.75 Å². The first-order valence-electron chi connectivity index (χ1n) is 11.4. The number of rotatable bonds is 10. The van der Waals surface area contributed by atoms with E-state index in [0.717, 1.165) is 41.9 Å². The number of carbonyl (C=O) groups excluding carboxylic acids is 1. The monoisotopic (exact) mass is 446 g/mol. The van der Waals surface area contributed by atoms with Crippen LogP contribution in [0.15, 0.2) is 76.3 Å². The van der Waals surface area contributed by atoms with Crippen molar-refractivity contribution < 1.29 is 13.9 Å². The van der Waals surface area contributed by atoms with Crippen molar-refractivity contribution in [3.63, 3.8) is 0 Å². The molecule has 33 heavy (non-hydrogen) atoms. The maximum absolute atomic E-state index is 12.1. The molecule has 0 bridgehead atoms. The van der Waals surface area contributed by atoms with E-state index in [1.165, 1.54) is 19.1 Å². The summed E-state index contributed by atoms with van der Waals surface area (Å²) in [6.07, 6.45) is 4.02. The predicted molar refractivity (Wildman–Crippen MR) is 129 cm³/mol. The van der Waals surface area contributed by atoms with Gasteiger partial charge in [0, 0.05) is 24.3 Å². The average molecular weight is 447 g/mol. The van der Waals surface area contributed by atoms with E-state index in [4.69, 9.17) is 14.1 Å². The molecule has 2 aromatic carbocycles. The van der Waals surface area contributed by atoms with Crippen LogP contribution >= 0.6 is 0 Å². The van der Waals surface area contributed by atoms with Crippen LogP contribution in [0, 0.1) is 5.92 Å². The number of para-hydroxylation sites is 1. The molecule has 0 aliphatic heterocycles.